The highest BCUT2D eigenvalue weighted by Gasteiger charge is 2.28. The first-order chi connectivity index (χ1) is 8.38. The molecule has 0 spiro atoms. The van der Waals surface area contributed by atoms with Crippen molar-refractivity contribution in [2.24, 2.45) is 0 Å². The summed E-state index contributed by atoms with van der Waals surface area (Å²) >= 11 is 5.88. The molecule has 1 unspecified atom stereocenters. The van der Waals surface area contributed by atoms with Crippen molar-refractivity contribution in [3.05, 3.63) is 27.6 Å². The third kappa shape index (κ3) is 1.58. The van der Waals surface area contributed by atoms with Crippen LogP contribution in [0.5, 0.6) is 0 Å². The van der Waals surface area contributed by atoms with Crippen molar-refractivity contribution < 1.29 is 8.42 Å². The zero-order valence-electron chi connectivity index (χ0n) is 9.40. The minimum absolute atomic E-state index is 0.0349. The van der Waals surface area contributed by atoms with Crippen molar-refractivity contribution in [2.45, 2.75) is 24.4 Å². The summed E-state index contributed by atoms with van der Waals surface area (Å²) in [4.78, 5) is 14.5. The number of nitrogens with one attached hydrogen (secondary N) is 2. The van der Waals surface area contributed by atoms with Crippen LogP contribution in [0.4, 0.5) is 0 Å². The maximum Gasteiger partial charge on any atom is 0.326 e. The van der Waals surface area contributed by atoms with Gasteiger partial charge in [-0.1, -0.05) is 11.6 Å². The molecular weight excluding hydrogens is 278 g/mol. The number of halogens is 1. The number of hydrogen-bond acceptors (Lipinski definition) is 3. The van der Waals surface area contributed by atoms with E-state index in [9.17, 15) is 13.2 Å². The number of sulfonamides is 1. The van der Waals surface area contributed by atoms with Crippen LogP contribution >= 0.6 is 11.6 Å². The van der Waals surface area contributed by atoms with Crippen LogP contribution in [-0.4, -0.2) is 24.0 Å². The average molecular weight is 288 g/mol. The number of hydrogen-bond donors (Lipinski definition) is 2. The minimum Gasteiger partial charge on any atom is -0.305 e. The van der Waals surface area contributed by atoms with E-state index >= 15 is 0 Å². The SMILES string of the molecule is CC1Cn2c(=O)[nH]c3cc(Cl)cc(c32)S(=O)(=O)N1. The third-order valence-corrected chi connectivity index (χ3v) is 4.72. The summed E-state index contributed by atoms with van der Waals surface area (Å²) in [5, 5.41) is 0.269. The van der Waals surface area contributed by atoms with Crippen LogP contribution in [-0.2, 0) is 16.6 Å². The lowest BCUT2D eigenvalue weighted by Crippen LogP contribution is -2.35. The van der Waals surface area contributed by atoms with E-state index in [0.29, 0.717) is 11.0 Å². The Morgan fingerprint density at radius 1 is 1.44 bits per heavy atom. The molecule has 0 radical (unpaired) electrons. The van der Waals surface area contributed by atoms with Crippen LogP contribution in [0, 0.1) is 0 Å². The molecular formula is C10H10ClN3O3S. The molecule has 0 saturated heterocycles. The van der Waals surface area contributed by atoms with Crippen LogP contribution in [0.25, 0.3) is 11.0 Å². The molecule has 3 rings (SSSR count). The van der Waals surface area contributed by atoms with E-state index in [4.69, 9.17) is 11.6 Å². The van der Waals surface area contributed by atoms with Gasteiger partial charge >= 0.3 is 5.69 Å². The Labute approximate surface area is 108 Å². The van der Waals surface area contributed by atoms with Crippen molar-refractivity contribution >= 4 is 32.7 Å². The number of imidazole rings is 1. The maximum atomic E-state index is 12.2. The van der Waals surface area contributed by atoms with Crippen LogP contribution in [0.2, 0.25) is 5.02 Å². The van der Waals surface area contributed by atoms with Crippen molar-refractivity contribution in [1.29, 1.82) is 0 Å². The Hall–Kier alpha value is -1.31. The predicted molar refractivity (Wildman–Crippen MR) is 67.4 cm³/mol. The summed E-state index contributed by atoms with van der Waals surface area (Å²) in [6.45, 7) is 1.99. The van der Waals surface area contributed by atoms with Crippen LogP contribution < -0.4 is 10.4 Å². The molecule has 0 saturated carbocycles. The summed E-state index contributed by atoms with van der Waals surface area (Å²) in [6, 6.07) is 2.54. The second kappa shape index (κ2) is 3.59. The molecule has 0 amide bonds. The largest absolute Gasteiger partial charge is 0.326 e. The highest BCUT2D eigenvalue weighted by atomic mass is 35.5. The van der Waals surface area contributed by atoms with E-state index in [1.165, 1.54) is 10.6 Å². The molecule has 1 aliphatic heterocycles. The summed E-state index contributed by atoms with van der Waals surface area (Å²) < 4.78 is 28.2. The van der Waals surface area contributed by atoms with Gasteiger partial charge in [-0.25, -0.2) is 17.9 Å². The Bertz CT molecular complexity index is 806. The van der Waals surface area contributed by atoms with E-state index in [0.717, 1.165) is 0 Å². The monoisotopic (exact) mass is 287 g/mol. The number of H-pyrrole nitrogens is 1. The van der Waals surface area contributed by atoms with E-state index in [-0.39, 0.29) is 28.2 Å². The standard InChI is InChI=1S/C10H10ClN3O3S/c1-5-4-14-9-7(12-10(14)15)2-6(11)3-8(9)18(16,17)13-5/h2-3,5,13H,4H2,1H3,(H,12,15). The molecule has 0 bridgehead atoms. The van der Waals surface area contributed by atoms with Gasteiger partial charge in [-0.15, -0.1) is 0 Å². The lowest BCUT2D eigenvalue weighted by Gasteiger charge is -2.09. The minimum atomic E-state index is -3.66. The molecule has 1 aromatic heterocycles. The van der Waals surface area contributed by atoms with E-state index in [1.54, 1.807) is 13.0 Å². The molecule has 2 N–H and O–H groups in total. The third-order valence-electron chi connectivity index (χ3n) is 2.90. The average Bonchev–Trinajstić information content (AvgIpc) is 2.47. The first-order valence-corrected chi connectivity index (χ1v) is 7.19. The van der Waals surface area contributed by atoms with Gasteiger partial charge in [0.05, 0.1) is 11.0 Å². The predicted octanol–water partition coefficient (Wildman–Crippen LogP) is 0.663. The molecule has 1 aromatic carbocycles. The molecule has 6 nitrogen and oxygen atoms in total. The second-order valence-corrected chi connectivity index (χ2v) is 6.48. The summed E-state index contributed by atoms with van der Waals surface area (Å²) in [6.07, 6.45) is 0. The number of aromatic amines is 1. The van der Waals surface area contributed by atoms with Crippen LogP contribution in [0.15, 0.2) is 21.8 Å². The van der Waals surface area contributed by atoms with Gasteiger partial charge in [-0.3, -0.25) is 4.57 Å². The van der Waals surface area contributed by atoms with Gasteiger partial charge in [-0.05, 0) is 19.1 Å². The van der Waals surface area contributed by atoms with Crippen molar-refractivity contribution in [3.63, 3.8) is 0 Å². The van der Waals surface area contributed by atoms with Gasteiger partial charge in [0.1, 0.15) is 4.90 Å². The lowest BCUT2D eigenvalue weighted by molar-refractivity contribution is 0.530. The van der Waals surface area contributed by atoms with E-state index in [1.807, 2.05) is 0 Å². The zero-order chi connectivity index (χ0) is 13.1. The molecule has 1 atom stereocenters. The van der Waals surface area contributed by atoms with Crippen molar-refractivity contribution in [3.8, 4) is 0 Å². The molecule has 0 aliphatic carbocycles. The molecule has 8 heteroatoms. The fourth-order valence-electron chi connectivity index (χ4n) is 2.25. The normalized spacial score (nSPS) is 22.0. The fraction of sp³-hybridized carbons (Fsp3) is 0.300. The smallest absolute Gasteiger partial charge is 0.305 e. The lowest BCUT2D eigenvalue weighted by atomic mass is 10.3. The highest BCUT2D eigenvalue weighted by Crippen LogP contribution is 2.27. The quantitative estimate of drug-likeness (QED) is 0.747. The van der Waals surface area contributed by atoms with Gasteiger partial charge in [0.2, 0.25) is 10.0 Å². The summed E-state index contributed by atoms with van der Waals surface area (Å²) in [5.41, 5.74) is 0.475. The fourth-order valence-corrected chi connectivity index (χ4v) is 4.02. The van der Waals surface area contributed by atoms with Crippen molar-refractivity contribution in [2.75, 3.05) is 0 Å². The number of rotatable bonds is 0. The van der Waals surface area contributed by atoms with Gasteiger partial charge in [0.15, 0.2) is 0 Å². The Kier molecular flexibility index (Phi) is 2.35. The first kappa shape index (κ1) is 11.8. The topological polar surface area (TPSA) is 84.0 Å². The zero-order valence-corrected chi connectivity index (χ0v) is 11.0. The summed E-state index contributed by atoms with van der Waals surface area (Å²) in [7, 11) is -3.66. The molecule has 18 heavy (non-hydrogen) atoms. The molecule has 0 fully saturated rings. The molecule has 2 aromatic rings. The Morgan fingerprint density at radius 3 is 2.89 bits per heavy atom. The Morgan fingerprint density at radius 2 is 2.17 bits per heavy atom. The number of aromatic nitrogens is 2. The van der Waals surface area contributed by atoms with Crippen LogP contribution in [0.1, 0.15) is 6.92 Å². The van der Waals surface area contributed by atoms with Gasteiger partial charge in [0.25, 0.3) is 0 Å². The second-order valence-electron chi connectivity index (χ2n) is 4.36. The van der Waals surface area contributed by atoms with Gasteiger partial charge < -0.3 is 4.98 Å². The highest BCUT2D eigenvalue weighted by molar-refractivity contribution is 7.89. The van der Waals surface area contributed by atoms with Crippen LogP contribution in [0.3, 0.4) is 0 Å². The Balaban J connectivity index is 2.55. The van der Waals surface area contributed by atoms with E-state index in [2.05, 4.69) is 9.71 Å². The summed E-state index contributed by atoms with van der Waals surface area (Å²) in [5.74, 6) is 0. The van der Waals surface area contributed by atoms with E-state index < -0.39 is 10.0 Å². The molecule has 96 valence electrons. The van der Waals surface area contributed by atoms with Crippen molar-refractivity contribution in [1.82, 2.24) is 14.3 Å². The van der Waals surface area contributed by atoms with Gasteiger partial charge in [0, 0.05) is 17.6 Å². The molecule has 1 aliphatic rings. The molecule has 2 heterocycles. The number of benzene rings is 1. The number of nitrogens with zero attached hydrogens (tertiary/aromatic N) is 1. The maximum absolute atomic E-state index is 12.2. The van der Waals surface area contributed by atoms with Gasteiger partial charge in [-0.2, -0.15) is 0 Å². The first-order valence-electron chi connectivity index (χ1n) is 5.33.